The van der Waals surface area contributed by atoms with Crippen molar-refractivity contribution in [3.63, 3.8) is 0 Å². The first-order valence-corrected chi connectivity index (χ1v) is 12.0. The number of hydrogen-bond donors (Lipinski definition) is 0. The fourth-order valence-electron chi connectivity index (χ4n) is 3.02. The molecule has 0 fully saturated rings. The van der Waals surface area contributed by atoms with Crippen molar-refractivity contribution in [2.45, 2.75) is 18.2 Å². The molecule has 0 saturated heterocycles. The molecular formula is C21H26ClN3O3S2. The number of nitrogens with zero attached hydrogens (tertiary/aromatic N) is 3. The maximum atomic E-state index is 13.3. The van der Waals surface area contributed by atoms with E-state index in [0.717, 1.165) is 35.0 Å². The molecular weight excluding hydrogens is 442 g/mol. The summed E-state index contributed by atoms with van der Waals surface area (Å²) in [6, 6.07) is 12.1. The van der Waals surface area contributed by atoms with E-state index in [1.165, 1.54) is 23.5 Å². The van der Waals surface area contributed by atoms with E-state index in [1.54, 1.807) is 17.0 Å². The molecule has 0 aliphatic rings. The number of hydrogen-bond acceptors (Lipinski definition) is 6. The number of amides is 1. The SMILES string of the molecule is Cc1cccc2sc(N(CCCN(C)C)C(=O)c3ccc(S(C)(=O)=O)cc3)nc12.Cl. The van der Waals surface area contributed by atoms with Gasteiger partial charge in [-0.3, -0.25) is 9.69 Å². The van der Waals surface area contributed by atoms with Gasteiger partial charge in [0.05, 0.1) is 15.1 Å². The van der Waals surface area contributed by atoms with Crippen molar-refractivity contribution in [2.75, 3.05) is 38.3 Å². The van der Waals surface area contributed by atoms with Crippen molar-refractivity contribution in [2.24, 2.45) is 0 Å². The van der Waals surface area contributed by atoms with Gasteiger partial charge in [-0.25, -0.2) is 13.4 Å². The van der Waals surface area contributed by atoms with E-state index in [9.17, 15) is 13.2 Å². The summed E-state index contributed by atoms with van der Waals surface area (Å²) >= 11 is 1.49. The lowest BCUT2D eigenvalue weighted by molar-refractivity contribution is 0.0986. The lowest BCUT2D eigenvalue weighted by Crippen LogP contribution is -2.33. The molecule has 30 heavy (non-hydrogen) atoms. The minimum absolute atomic E-state index is 0. The lowest BCUT2D eigenvalue weighted by atomic mass is 10.2. The number of aromatic nitrogens is 1. The zero-order valence-corrected chi connectivity index (χ0v) is 19.9. The summed E-state index contributed by atoms with van der Waals surface area (Å²) < 4.78 is 24.4. The molecule has 1 heterocycles. The number of halogens is 1. The summed E-state index contributed by atoms with van der Waals surface area (Å²) in [5, 5.41) is 0.658. The number of fused-ring (bicyclic) bond motifs is 1. The largest absolute Gasteiger partial charge is 0.309 e. The summed E-state index contributed by atoms with van der Waals surface area (Å²) in [7, 11) is 0.690. The van der Waals surface area contributed by atoms with Crippen molar-refractivity contribution < 1.29 is 13.2 Å². The Labute approximate surface area is 187 Å². The topological polar surface area (TPSA) is 70.6 Å². The average Bonchev–Trinajstić information content (AvgIpc) is 3.09. The third kappa shape index (κ3) is 5.57. The highest BCUT2D eigenvalue weighted by Crippen LogP contribution is 2.31. The Morgan fingerprint density at radius 1 is 1.07 bits per heavy atom. The normalized spacial score (nSPS) is 11.5. The van der Waals surface area contributed by atoms with Gasteiger partial charge in [0.2, 0.25) is 0 Å². The summed E-state index contributed by atoms with van der Waals surface area (Å²) in [4.78, 5) is 22.0. The van der Waals surface area contributed by atoms with Crippen molar-refractivity contribution >= 4 is 54.8 Å². The Morgan fingerprint density at radius 3 is 2.30 bits per heavy atom. The van der Waals surface area contributed by atoms with Gasteiger partial charge in [-0.15, -0.1) is 12.4 Å². The number of anilines is 1. The second-order valence-electron chi connectivity index (χ2n) is 7.33. The van der Waals surface area contributed by atoms with Crippen molar-refractivity contribution in [1.29, 1.82) is 0 Å². The monoisotopic (exact) mass is 467 g/mol. The quantitative estimate of drug-likeness (QED) is 0.524. The number of benzene rings is 2. The van der Waals surface area contributed by atoms with E-state index >= 15 is 0 Å². The summed E-state index contributed by atoms with van der Waals surface area (Å²) in [5.41, 5.74) is 2.42. The highest BCUT2D eigenvalue weighted by atomic mass is 35.5. The molecule has 162 valence electrons. The fourth-order valence-corrected chi connectivity index (χ4v) is 4.72. The van der Waals surface area contributed by atoms with Crippen LogP contribution in [0.1, 0.15) is 22.3 Å². The van der Waals surface area contributed by atoms with E-state index in [4.69, 9.17) is 4.98 Å². The highest BCUT2D eigenvalue weighted by Gasteiger charge is 2.22. The van der Waals surface area contributed by atoms with Crippen LogP contribution in [0.4, 0.5) is 5.13 Å². The van der Waals surface area contributed by atoms with Crippen LogP contribution in [-0.4, -0.2) is 57.6 Å². The third-order valence-corrected chi connectivity index (χ3v) is 6.77. The van der Waals surface area contributed by atoms with E-state index in [0.29, 0.717) is 17.2 Å². The van der Waals surface area contributed by atoms with Gasteiger partial charge in [-0.2, -0.15) is 0 Å². The smallest absolute Gasteiger partial charge is 0.260 e. The first-order valence-electron chi connectivity index (χ1n) is 9.29. The van der Waals surface area contributed by atoms with Gasteiger partial charge in [0.25, 0.3) is 5.91 Å². The van der Waals surface area contributed by atoms with Crippen LogP contribution >= 0.6 is 23.7 Å². The minimum Gasteiger partial charge on any atom is -0.309 e. The minimum atomic E-state index is -3.30. The molecule has 0 unspecified atom stereocenters. The van der Waals surface area contributed by atoms with Gasteiger partial charge in [-0.05, 0) is 69.9 Å². The van der Waals surface area contributed by atoms with E-state index in [1.807, 2.05) is 39.2 Å². The third-order valence-electron chi connectivity index (χ3n) is 4.60. The van der Waals surface area contributed by atoms with Gasteiger partial charge in [-0.1, -0.05) is 23.5 Å². The molecule has 1 amide bonds. The van der Waals surface area contributed by atoms with Gasteiger partial charge in [0.15, 0.2) is 15.0 Å². The molecule has 3 aromatic rings. The second kappa shape index (κ2) is 9.87. The maximum Gasteiger partial charge on any atom is 0.260 e. The zero-order valence-electron chi connectivity index (χ0n) is 17.5. The van der Waals surface area contributed by atoms with Crippen LogP contribution < -0.4 is 4.90 Å². The van der Waals surface area contributed by atoms with Gasteiger partial charge in [0.1, 0.15) is 0 Å². The number of aryl methyl sites for hydroxylation is 1. The molecule has 0 bridgehead atoms. The second-order valence-corrected chi connectivity index (χ2v) is 10.4. The zero-order chi connectivity index (χ0) is 21.2. The predicted octanol–water partition coefficient (Wildman–Crippen LogP) is 4.03. The first-order chi connectivity index (χ1) is 13.7. The molecule has 0 saturated carbocycles. The molecule has 1 aromatic heterocycles. The molecule has 0 aliphatic carbocycles. The molecule has 0 atom stereocenters. The Hall–Kier alpha value is -2.00. The van der Waals surface area contributed by atoms with Crippen LogP contribution in [0.2, 0.25) is 0 Å². The van der Waals surface area contributed by atoms with Gasteiger partial charge >= 0.3 is 0 Å². The van der Waals surface area contributed by atoms with Crippen LogP contribution in [0.5, 0.6) is 0 Å². The van der Waals surface area contributed by atoms with E-state index < -0.39 is 9.84 Å². The first kappa shape index (κ1) is 24.3. The molecule has 0 aliphatic heterocycles. The van der Waals surface area contributed by atoms with Crippen LogP contribution in [-0.2, 0) is 9.84 Å². The predicted molar refractivity (Wildman–Crippen MR) is 126 cm³/mol. The number of sulfone groups is 1. The average molecular weight is 468 g/mol. The van der Waals surface area contributed by atoms with E-state index in [-0.39, 0.29) is 23.2 Å². The van der Waals surface area contributed by atoms with E-state index in [2.05, 4.69) is 4.90 Å². The van der Waals surface area contributed by atoms with Gasteiger partial charge < -0.3 is 4.90 Å². The highest BCUT2D eigenvalue weighted by molar-refractivity contribution is 7.90. The molecule has 3 rings (SSSR count). The number of para-hydroxylation sites is 1. The molecule has 6 nitrogen and oxygen atoms in total. The molecule has 2 aromatic carbocycles. The standard InChI is InChI=1S/C21H25N3O3S2.ClH/c1-15-7-5-8-18-19(15)22-21(28-18)24(14-6-13-23(2)3)20(25)16-9-11-17(12-10-16)29(4,26)27;/h5,7-12H,6,13-14H2,1-4H3;1H. The number of thiazole rings is 1. The van der Waals surface area contributed by atoms with Crippen molar-refractivity contribution in [1.82, 2.24) is 9.88 Å². The summed E-state index contributed by atoms with van der Waals surface area (Å²) in [6.07, 6.45) is 1.95. The maximum absolute atomic E-state index is 13.3. The summed E-state index contributed by atoms with van der Waals surface area (Å²) in [6.45, 7) is 3.39. The fraction of sp³-hybridized carbons (Fsp3) is 0.333. The van der Waals surface area contributed by atoms with Crippen molar-refractivity contribution in [3.05, 3.63) is 53.6 Å². The molecule has 9 heteroatoms. The van der Waals surface area contributed by atoms with Crippen LogP contribution in [0.15, 0.2) is 47.4 Å². The molecule has 0 spiro atoms. The number of carbonyl (C=O) groups is 1. The van der Waals surface area contributed by atoms with Crippen molar-refractivity contribution in [3.8, 4) is 0 Å². The summed E-state index contributed by atoms with van der Waals surface area (Å²) in [5.74, 6) is -0.180. The van der Waals surface area contributed by atoms with Crippen LogP contribution in [0.3, 0.4) is 0 Å². The van der Waals surface area contributed by atoms with Crippen LogP contribution in [0.25, 0.3) is 10.2 Å². The molecule has 0 radical (unpaired) electrons. The lowest BCUT2D eigenvalue weighted by Gasteiger charge is -2.21. The Morgan fingerprint density at radius 2 is 1.73 bits per heavy atom. The van der Waals surface area contributed by atoms with Gasteiger partial charge in [0, 0.05) is 18.4 Å². The number of carbonyl (C=O) groups excluding carboxylic acids is 1. The number of rotatable bonds is 7. The Kier molecular flexibility index (Phi) is 7.99. The Balaban J connectivity index is 0.00000320. The Bertz CT molecular complexity index is 1130. The molecule has 0 N–H and O–H groups in total. The van der Waals surface area contributed by atoms with Crippen LogP contribution in [0, 0.1) is 6.92 Å².